The molecule has 0 spiro atoms. The fraction of sp³-hybridized carbons (Fsp3) is 0. The number of fused-ring (bicyclic) bond motifs is 2. The average molecular weight is 378 g/mol. The van der Waals surface area contributed by atoms with Crippen LogP contribution < -0.4 is 16.9 Å². The second-order valence-corrected chi connectivity index (χ2v) is 7.10. The number of rotatable bonds is 2. The quantitative estimate of drug-likeness (QED) is 0.316. The summed E-state index contributed by atoms with van der Waals surface area (Å²) in [7, 11) is 0. The molecule has 4 nitrogen and oxygen atoms in total. The highest BCUT2D eigenvalue weighted by atomic mass is 16.3. The number of hydrogen-bond donors (Lipinski definition) is 2. The van der Waals surface area contributed by atoms with Gasteiger partial charge >= 0.3 is 0 Å². The van der Waals surface area contributed by atoms with Crippen LogP contribution in [0.5, 0.6) is 0 Å². The van der Waals surface area contributed by atoms with Gasteiger partial charge < -0.3 is 15.9 Å². The minimum absolute atomic E-state index is 0.0455. The fourth-order valence-electron chi connectivity index (χ4n) is 3.57. The van der Waals surface area contributed by atoms with E-state index in [2.05, 4.69) is 0 Å². The van der Waals surface area contributed by atoms with E-state index < -0.39 is 0 Å². The second kappa shape index (κ2) is 6.53. The van der Waals surface area contributed by atoms with E-state index in [-0.39, 0.29) is 5.43 Å². The molecule has 4 aromatic carbocycles. The molecule has 140 valence electrons. The Morgan fingerprint density at radius 3 is 1.31 bits per heavy atom. The van der Waals surface area contributed by atoms with Gasteiger partial charge in [0.05, 0.1) is 10.8 Å². The zero-order valence-electron chi connectivity index (χ0n) is 15.6. The third kappa shape index (κ3) is 3.01. The van der Waals surface area contributed by atoms with Crippen LogP contribution in [0.2, 0.25) is 0 Å². The molecule has 0 fully saturated rings. The van der Waals surface area contributed by atoms with E-state index in [0.717, 1.165) is 22.3 Å². The molecule has 0 aliphatic rings. The van der Waals surface area contributed by atoms with Crippen LogP contribution in [-0.2, 0) is 0 Å². The Hall–Kier alpha value is -4.05. The van der Waals surface area contributed by atoms with Gasteiger partial charge in [0, 0.05) is 11.4 Å². The van der Waals surface area contributed by atoms with Crippen molar-refractivity contribution < 1.29 is 4.42 Å². The van der Waals surface area contributed by atoms with Crippen LogP contribution in [0.15, 0.2) is 94.1 Å². The number of nitrogen functional groups attached to an aromatic ring is 2. The fourth-order valence-corrected chi connectivity index (χ4v) is 3.57. The van der Waals surface area contributed by atoms with E-state index in [4.69, 9.17) is 15.9 Å². The molecule has 0 saturated carbocycles. The van der Waals surface area contributed by atoms with E-state index in [9.17, 15) is 4.79 Å². The highest BCUT2D eigenvalue weighted by Gasteiger charge is 2.11. The maximum Gasteiger partial charge on any atom is 0.200 e. The molecule has 0 aliphatic heterocycles. The molecule has 0 radical (unpaired) electrons. The summed E-state index contributed by atoms with van der Waals surface area (Å²) in [5, 5.41) is 1.11. The Labute approximate surface area is 167 Å². The molecule has 1 aromatic heterocycles. The summed E-state index contributed by atoms with van der Waals surface area (Å²) in [4.78, 5) is 13.3. The first-order valence-electron chi connectivity index (χ1n) is 9.31. The van der Waals surface area contributed by atoms with Gasteiger partial charge in [-0.15, -0.1) is 0 Å². The van der Waals surface area contributed by atoms with Crippen LogP contribution in [0.1, 0.15) is 0 Å². The van der Waals surface area contributed by atoms with Gasteiger partial charge in [-0.1, -0.05) is 36.4 Å². The Morgan fingerprint density at radius 2 is 0.897 bits per heavy atom. The standard InChI is InChI=1S/C25H18N2O2/c26-19-7-1-15(2-8-19)17-5-11-23-21(13-17)25(28)22-14-18(6-12-24(22)29-23)16-3-9-20(27)10-4-16/h1-14H,26-27H2. The highest BCUT2D eigenvalue weighted by Crippen LogP contribution is 2.28. The molecule has 4 N–H and O–H groups in total. The molecule has 0 bridgehead atoms. The van der Waals surface area contributed by atoms with Crippen LogP contribution in [0.4, 0.5) is 11.4 Å². The maximum atomic E-state index is 13.3. The third-order valence-corrected chi connectivity index (χ3v) is 5.16. The number of anilines is 2. The van der Waals surface area contributed by atoms with Gasteiger partial charge in [0.1, 0.15) is 11.2 Å². The normalized spacial score (nSPS) is 11.2. The van der Waals surface area contributed by atoms with Crippen LogP contribution in [0.25, 0.3) is 44.2 Å². The van der Waals surface area contributed by atoms with Crippen LogP contribution in [-0.4, -0.2) is 0 Å². The summed E-state index contributed by atoms with van der Waals surface area (Å²) in [6.07, 6.45) is 0. The van der Waals surface area contributed by atoms with Crippen molar-refractivity contribution in [1.29, 1.82) is 0 Å². The first kappa shape index (κ1) is 17.1. The smallest absolute Gasteiger partial charge is 0.200 e. The second-order valence-electron chi connectivity index (χ2n) is 7.10. The first-order valence-corrected chi connectivity index (χ1v) is 9.31. The van der Waals surface area contributed by atoms with Gasteiger partial charge in [0.2, 0.25) is 5.43 Å². The lowest BCUT2D eigenvalue weighted by Crippen LogP contribution is -2.02. The summed E-state index contributed by atoms with van der Waals surface area (Å²) in [6, 6.07) is 26.5. The molecule has 0 amide bonds. The zero-order valence-corrected chi connectivity index (χ0v) is 15.6. The van der Waals surface area contributed by atoms with E-state index in [1.807, 2.05) is 84.9 Å². The predicted octanol–water partition coefficient (Wildman–Crippen LogP) is 5.44. The lowest BCUT2D eigenvalue weighted by atomic mass is 10.0. The summed E-state index contributed by atoms with van der Waals surface area (Å²) in [5.41, 5.74) is 17.9. The zero-order chi connectivity index (χ0) is 20.0. The molecule has 0 unspecified atom stereocenters. The average Bonchev–Trinajstić information content (AvgIpc) is 2.75. The van der Waals surface area contributed by atoms with Crippen molar-refractivity contribution in [3.05, 3.63) is 95.2 Å². The summed E-state index contributed by atoms with van der Waals surface area (Å²) >= 11 is 0. The van der Waals surface area contributed by atoms with Crippen molar-refractivity contribution in [3.63, 3.8) is 0 Å². The SMILES string of the molecule is Nc1ccc(-c2ccc3oc4ccc(-c5ccc(N)cc5)cc4c(=O)c3c2)cc1. The molecule has 0 aliphatic carbocycles. The molecule has 1 heterocycles. The third-order valence-electron chi connectivity index (χ3n) is 5.16. The molecular formula is C25H18N2O2. The Kier molecular flexibility index (Phi) is 3.85. The van der Waals surface area contributed by atoms with Gasteiger partial charge in [0.15, 0.2) is 0 Å². The lowest BCUT2D eigenvalue weighted by Gasteiger charge is -2.07. The van der Waals surface area contributed by atoms with Gasteiger partial charge in [-0.3, -0.25) is 4.79 Å². The molecule has 5 rings (SSSR count). The van der Waals surface area contributed by atoms with Crippen LogP contribution in [0.3, 0.4) is 0 Å². The summed E-state index contributed by atoms with van der Waals surface area (Å²) in [6.45, 7) is 0. The van der Waals surface area contributed by atoms with Crippen molar-refractivity contribution in [3.8, 4) is 22.3 Å². The predicted molar refractivity (Wildman–Crippen MR) is 120 cm³/mol. The van der Waals surface area contributed by atoms with Gasteiger partial charge in [-0.05, 0) is 70.8 Å². The van der Waals surface area contributed by atoms with Gasteiger partial charge in [-0.25, -0.2) is 0 Å². The van der Waals surface area contributed by atoms with Gasteiger partial charge in [0.25, 0.3) is 0 Å². The summed E-state index contributed by atoms with van der Waals surface area (Å²) in [5.74, 6) is 0. The molecule has 0 saturated heterocycles. The summed E-state index contributed by atoms with van der Waals surface area (Å²) < 4.78 is 6.01. The molecule has 5 aromatic rings. The van der Waals surface area contributed by atoms with E-state index in [1.54, 1.807) is 0 Å². The molecular weight excluding hydrogens is 360 g/mol. The molecule has 4 heteroatoms. The highest BCUT2D eigenvalue weighted by molar-refractivity contribution is 5.94. The minimum atomic E-state index is -0.0455. The van der Waals surface area contributed by atoms with Crippen molar-refractivity contribution in [2.24, 2.45) is 0 Å². The maximum absolute atomic E-state index is 13.3. The minimum Gasteiger partial charge on any atom is -0.456 e. The molecule has 0 atom stereocenters. The van der Waals surface area contributed by atoms with E-state index in [1.165, 1.54) is 0 Å². The Bertz CT molecular complexity index is 1310. The van der Waals surface area contributed by atoms with Crippen LogP contribution >= 0.6 is 0 Å². The Balaban J connectivity index is 1.70. The van der Waals surface area contributed by atoms with E-state index >= 15 is 0 Å². The van der Waals surface area contributed by atoms with Gasteiger partial charge in [-0.2, -0.15) is 0 Å². The van der Waals surface area contributed by atoms with Crippen molar-refractivity contribution in [2.75, 3.05) is 11.5 Å². The number of benzene rings is 4. The lowest BCUT2D eigenvalue weighted by molar-refractivity contribution is 0.660. The monoisotopic (exact) mass is 378 g/mol. The largest absolute Gasteiger partial charge is 0.456 e. The number of hydrogen-bond acceptors (Lipinski definition) is 4. The Morgan fingerprint density at radius 1 is 0.517 bits per heavy atom. The molecule has 29 heavy (non-hydrogen) atoms. The van der Waals surface area contributed by atoms with Crippen molar-refractivity contribution >= 4 is 33.3 Å². The number of nitrogens with two attached hydrogens (primary N) is 2. The van der Waals surface area contributed by atoms with E-state index in [0.29, 0.717) is 33.3 Å². The van der Waals surface area contributed by atoms with Crippen LogP contribution in [0, 0.1) is 0 Å². The van der Waals surface area contributed by atoms with Crippen molar-refractivity contribution in [1.82, 2.24) is 0 Å². The topological polar surface area (TPSA) is 82.2 Å². The van der Waals surface area contributed by atoms with Crippen molar-refractivity contribution in [2.45, 2.75) is 0 Å². The first-order chi connectivity index (χ1) is 14.1.